The second kappa shape index (κ2) is 4.92. The number of nitrogens with zero attached hydrogens (tertiary/aromatic N) is 2. The molecule has 1 aliphatic carbocycles. The van der Waals surface area contributed by atoms with Gasteiger partial charge in [0.05, 0.1) is 5.60 Å². The van der Waals surface area contributed by atoms with Crippen LogP contribution in [0.3, 0.4) is 0 Å². The highest BCUT2D eigenvalue weighted by Crippen LogP contribution is 2.34. The number of H-pyrrole nitrogens is 1. The number of hydrogen-bond donors (Lipinski definition) is 2. The van der Waals surface area contributed by atoms with Gasteiger partial charge in [0.25, 0.3) is 5.91 Å². The van der Waals surface area contributed by atoms with Crippen LogP contribution >= 0.6 is 0 Å². The maximum atomic E-state index is 12.0. The van der Waals surface area contributed by atoms with Crippen molar-refractivity contribution in [2.24, 2.45) is 0 Å². The molecule has 1 aliphatic rings. The van der Waals surface area contributed by atoms with Crippen LogP contribution in [0.25, 0.3) is 0 Å². The van der Waals surface area contributed by atoms with E-state index < -0.39 is 0 Å². The molecule has 1 aromatic heterocycles. The van der Waals surface area contributed by atoms with E-state index in [0.29, 0.717) is 12.4 Å². The molecule has 106 valence electrons. The Labute approximate surface area is 113 Å². The molecule has 0 atom stereocenters. The molecule has 19 heavy (non-hydrogen) atoms. The van der Waals surface area contributed by atoms with Gasteiger partial charge in [-0.25, -0.2) is 4.98 Å². The lowest BCUT2D eigenvalue weighted by atomic mass is 9.80. The van der Waals surface area contributed by atoms with Crippen molar-refractivity contribution in [3.63, 3.8) is 0 Å². The molecule has 2 N–H and O–H groups in total. The van der Waals surface area contributed by atoms with E-state index in [2.05, 4.69) is 20.5 Å². The zero-order valence-electron chi connectivity index (χ0n) is 12.0. The summed E-state index contributed by atoms with van der Waals surface area (Å²) >= 11 is 0. The normalized spacial score (nSPS) is 17.9. The van der Waals surface area contributed by atoms with Crippen molar-refractivity contribution in [2.75, 3.05) is 13.7 Å². The highest BCUT2D eigenvalue weighted by molar-refractivity contribution is 5.90. The van der Waals surface area contributed by atoms with Crippen LogP contribution in [0.2, 0.25) is 0 Å². The van der Waals surface area contributed by atoms with E-state index in [9.17, 15) is 4.79 Å². The van der Waals surface area contributed by atoms with Crippen LogP contribution in [-0.2, 0) is 10.2 Å². The van der Waals surface area contributed by atoms with Crippen LogP contribution in [0.1, 0.15) is 56.5 Å². The SMILES string of the molecule is COC1(CNC(=O)c2n[nH]c(C(C)(C)C)n2)CCC1. The molecule has 0 aliphatic heterocycles. The molecule has 1 heterocycles. The lowest BCUT2D eigenvalue weighted by molar-refractivity contribution is -0.0679. The van der Waals surface area contributed by atoms with Crippen LogP contribution in [0.4, 0.5) is 0 Å². The number of aromatic nitrogens is 3. The second-order valence-electron chi connectivity index (χ2n) is 6.18. The molecule has 6 heteroatoms. The number of ether oxygens (including phenoxy) is 1. The molecule has 0 aromatic carbocycles. The molecule has 6 nitrogen and oxygen atoms in total. The first-order valence-corrected chi connectivity index (χ1v) is 6.63. The summed E-state index contributed by atoms with van der Waals surface area (Å²) in [7, 11) is 1.69. The lowest BCUT2D eigenvalue weighted by Gasteiger charge is -2.40. The molecule has 1 aromatic rings. The summed E-state index contributed by atoms with van der Waals surface area (Å²) in [5.41, 5.74) is -0.327. The second-order valence-corrected chi connectivity index (χ2v) is 6.18. The number of carbonyl (C=O) groups is 1. The average Bonchev–Trinajstić information content (AvgIpc) is 2.76. The van der Waals surface area contributed by atoms with Gasteiger partial charge in [0.1, 0.15) is 5.82 Å². The topological polar surface area (TPSA) is 79.9 Å². The minimum Gasteiger partial charge on any atom is -0.376 e. The van der Waals surface area contributed by atoms with E-state index in [0.717, 1.165) is 19.3 Å². The van der Waals surface area contributed by atoms with Gasteiger partial charge in [-0.2, -0.15) is 0 Å². The Bertz CT molecular complexity index is 452. The number of amides is 1. The van der Waals surface area contributed by atoms with Crippen LogP contribution in [0.15, 0.2) is 0 Å². The Morgan fingerprint density at radius 2 is 2.16 bits per heavy atom. The van der Waals surface area contributed by atoms with Crippen molar-refractivity contribution in [1.29, 1.82) is 0 Å². The number of aromatic amines is 1. The third-order valence-electron chi connectivity index (χ3n) is 3.67. The Morgan fingerprint density at radius 3 is 2.58 bits per heavy atom. The van der Waals surface area contributed by atoms with Gasteiger partial charge in [0, 0.05) is 19.1 Å². The van der Waals surface area contributed by atoms with Gasteiger partial charge in [-0.15, -0.1) is 5.10 Å². The maximum absolute atomic E-state index is 12.0. The van der Waals surface area contributed by atoms with Crippen molar-refractivity contribution < 1.29 is 9.53 Å². The summed E-state index contributed by atoms with van der Waals surface area (Å²) in [6.07, 6.45) is 3.13. The van der Waals surface area contributed by atoms with E-state index in [-0.39, 0.29) is 22.7 Å². The quantitative estimate of drug-likeness (QED) is 0.863. The first-order valence-electron chi connectivity index (χ1n) is 6.63. The van der Waals surface area contributed by atoms with Gasteiger partial charge in [-0.3, -0.25) is 9.89 Å². The number of hydrogen-bond acceptors (Lipinski definition) is 4. The summed E-state index contributed by atoms with van der Waals surface area (Å²) in [5, 5.41) is 9.62. The van der Waals surface area contributed by atoms with Gasteiger partial charge in [0.15, 0.2) is 0 Å². The lowest BCUT2D eigenvalue weighted by Crippen LogP contribution is -2.49. The monoisotopic (exact) mass is 266 g/mol. The third-order valence-corrected chi connectivity index (χ3v) is 3.67. The van der Waals surface area contributed by atoms with Crippen molar-refractivity contribution in [1.82, 2.24) is 20.5 Å². The van der Waals surface area contributed by atoms with E-state index in [1.807, 2.05) is 20.8 Å². The summed E-state index contributed by atoms with van der Waals surface area (Å²) in [4.78, 5) is 16.2. The first kappa shape index (κ1) is 14.0. The number of nitrogens with one attached hydrogen (secondary N) is 2. The van der Waals surface area contributed by atoms with Gasteiger partial charge < -0.3 is 10.1 Å². The van der Waals surface area contributed by atoms with Crippen molar-refractivity contribution in [2.45, 2.75) is 51.0 Å². The molecule has 0 spiro atoms. The molecule has 1 fully saturated rings. The standard InChI is InChI=1S/C13H22N4O2/c1-12(2,3)11-15-9(16-17-11)10(18)14-8-13(19-4)6-5-7-13/h5-8H2,1-4H3,(H,14,18)(H,15,16,17). The molecule has 2 rings (SSSR count). The Hall–Kier alpha value is -1.43. The van der Waals surface area contributed by atoms with Crippen LogP contribution in [-0.4, -0.2) is 40.3 Å². The van der Waals surface area contributed by atoms with Gasteiger partial charge >= 0.3 is 0 Å². The smallest absolute Gasteiger partial charge is 0.291 e. The van der Waals surface area contributed by atoms with Gasteiger partial charge in [-0.1, -0.05) is 20.8 Å². The summed E-state index contributed by atoms with van der Waals surface area (Å²) in [5.74, 6) is 0.647. The van der Waals surface area contributed by atoms with Crippen molar-refractivity contribution >= 4 is 5.91 Å². The molecule has 0 saturated heterocycles. The molecule has 0 radical (unpaired) electrons. The third kappa shape index (κ3) is 2.94. The fourth-order valence-electron chi connectivity index (χ4n) is 2.04. The van der Waals surface area contributed by atoms with Crippen LogP contribution in [0.5, 0.6) is 0 Å². The molecular formula is C13H22N4O2. The van der Waals surface area contributed by atoms with Gasteiger partial charge in [-0.05, 0) is 19.3 Å². The largest absolute Gasteiger partial charge is 0.376 e. The summed E-state index contributed by atoms with van der Waals surface area (Å²) < 4.78 is 5.46. The minimum absolute atomic E-state index is 0.146. The Kier molecular flexibility index (Phi) is 3.62. The number of methoxy groups -OCH3 is 1. The molecule has 1 amide bonds. The van der Waals surface area contributed by atoms with E-state index >= 15 is 0 Å². The Morgan fingerprint density at radius 1 is 1.47 bits per heavy atom. The van der Waals surface area contributed by atoms with E-state index in [1.54, 1.807) is 7.11 Å². The predicted octanol–water partition coefficient (Wildman–Crippen LogP) is 1.40. The predicted molar refractivity (Wildman–Crippen MR) is 71.0 cm³/mol. The highest BCUT2D eigenvalue weighted by atomic mass is 16.5. The molecule has 0 unspecified atom stereocenters. The zero-order valence-corrected chi connectivity index (χ0v) is 12.0. The summed E-state index contributed by atoms with van der Waals surface area (Å²) in [6, 6.07) is 0. The fourth-order valence-corrected chi connectivity index (χ4v) is 2.04. The molecule has 0 bridgehead atoms. The van der Waals surface area contributed by atoms with Crippen molar-refractivity contribution in [3.05, 3.63) is 11.6 Å². The fraction of sp³-hybridized carbons (Fsp3) is 0.769. The Balaban J connectivity index is 1.95. The van der Waals surface area contributed by atoms with Crippen LogP contribution < -0.4 is 5.32 Å². The summed E-state index contributed by atoms with van der Waals surface area (Å²) in [6.45, 7) is 6.57. The van der Waals surface area contributed by atoms with E-state index in [4.69, 9.17) is 4.74 Å². The minimum atomic E-state index is -0.255. The van der Waals surface area contributed by atoms with Gasteiger partial charge in [0.2, 0.25) is 5.82 Å². The molecular weight excluding hydrogens is 244 g/mol. The maximum Gasteiger partial charge on any atom is 0.291 e. The first-order chi connectivity index (χ1) is 8.86. The molecule has 1 saturated carbocycles. The van der Waals surface area contributed by atoms with Crippen molar-refractivity contribution in [3.8, 4) is 0 Å². The highest BCUT2D eigenvalue weighted by Gasteiger charge is 2.37. The number of carbonyl (C=O) groups excluding carboxylic acids is 1. The number of rotatable bonds is 4. The zero-order chi connectivity index (χ0) is 14.1. The average molecular weight is 266 g/mol. The van der Waals surface area contributed by atoms with E-state index in [1.165, 1.54) is 0 Å². The van der Waals surface area contributed by atoms with Crippen LogP contribution in [0, 0.1) is 0 Å².